The number of nitrogens with two attached hydrogens (primary N) is 2. The average Bonchev–Trinajstić information content (AvgIpc) is 3.11. The quantitative estimate of drug-likeness (QED) is 0.227. The molecule has 10 nitrogen and oxygen atoms in total. The van der Waals surface area contributed by atoms with Gasteiger partial charge in [0.1, 0.15) is 18.0 Å². The van der Waals surface area contributed by atoms with Crippen LogP contribution in [0.4, 0.5) is 16.2 Å². The molecule has 2 aromatic carbocycles. The number of aromatic nitrogens is 1. The molecule has 2 heterocycles. The molecule has 0 fully saturated rings. The predicted octanol–water partition coefficient (Wildman–Crippen LogP) is 5.50. The van der Waals surface area contributed by atoms with E-state index < -0.39 is 11.7 Å². The van der Waals surface area contributed by atoms with Gasteiger partial charge in [-0.05, 0) is 74.2 Å². The molecular weight excluding hydrogens is 532 g/mol. The lowest BCUT2D eigenvalue weighted by Gasteiger charge is -2.22. The number of pyridine rings is 1. The maximum Gasteiger partial charge on any atom is 0.407 e. The van der Waals surface area contributed by atoms with Crippen LogP contribution >= 0.6 is 0 Å². The number of amides is 2. The number of alkyl carbamates (subject to hydrolysis) is 1. The molecule has 220 valence electrons. The summed E-state index contributed by atoms with van der Waals surface area (Å²) in [5.41, 5.74) is 17.5. The van der Waals surface area contributed by atoms with E-state index >= 15 is 0 Å². The lowest BCUT2D eigenvalue weighted by atomic mass is 10.0. The van der Waals surface area contributed by atoms with Crippen LogP contribution in [0.15, 0.2) is 71.5 Å². The zero-order valence-electron chi connectivity index (χ0n) is 24.5. The van der Waals surface area contributed by atoms with Crippen LogP contribution in [0.3, 0.4) is 0 Å². The summed E-state index contributed by atoms with van der Waals surface area (Å²) in [5.74, 6) is 0.0747. The summed E-state index contributed by atoms with van der Waals surface area (Å²) in [6, 6.07) is 15.1. The van der Waals surface area contributed by atoms with Crippen LogP contribution < -0.4 is 16.8 Å². The molecule has 1 aliphatic heterocycles. The van der Waals surface area contributed by atoms with E-state index in [9.17, 15) is 9.59 Å². The van der Waals surface area contributed by atoms with E-state index in [1.165, 1.54) is 5.06 Å². The van der Waals surface area contributed by atoms with Gasteiger partial charge in [-0.3, -0.25) is 14.6 Å². The number of rotatable bonds is 9. The van der Waals surface area contributed by atoms with E-state index in [1.54, 1.807) is 24.5 Å². The fraction of sp³-hybridized carbons (Fsp3) is 0.312. The van der Waals surface area contributed by atoms with Gasteiger partial charge in [-0.2, -0.15) is 0 Å². The van der Waals surface area contributed by atoms with Crippen molar-refractivity contribution in [3.63, 3.8) is 0 Å². The Bertz CT molecular complexity index is 1490. The summed E-state index contributed by atoms with van der Waals surface area (Å²) < 4.78 is 5.31. The van der Waals surface area contributed by atoms with Crippen molar-refractivity contribution in [3.8, 4) is 11.1 Å². The second kappa shape index (κ2) is 13.3. The van der Waals surface area contributed by atoms with Gasteiger partial charge in [-0.1, -0.05) is 31.2 Å². The Morgan fingerprint density at radius 1 is 1.00 bits per heavy atom. The minimum Gasteiger partial charge on any atom is -0.444 e. The maximum absolute atomic E-state index is 13.5. The van der Waals surface area contributed by atoms with Crippen LogP contribution in [0.5, 0.6) is 0 Å². The van der Waals surface area contributed by atoms with E-state index in [4.69, 9.17) is 21.0 Å². The van der Waals surface area contributed by atoms with Crippen molar-refractivity contribution in [1.29, 1.82) is 0 Å². The number of fused-ring (bicyclic) bond motifs is 1. The van der Waals surface area contributed by atoms with Crippen molar-refractivity contribution >= 4 is 35.3 Å². The summed E-state index contributed by atoms with van der Waals surface area (Å²) >= 11 is 0. The number of hydroxylamine groups is 2. The number of hydrogen-bond acceptors (Lipinski definition) is 8. The lowest BCUT2D eigenvalue weighted by molar-refractivity contribution is -0.187. The summed E-state index contributed by atoms with van der Waals surface area (Å²) in [5, 5.41) is 4.14. The fourth-order valence-electron chi connectivity index (χ4n) is 4.29. The first-order chi connectivity index (χ1) is 20.0. The van der Waals surface area contributed by atoms with Crippen LogP contribution in [0.1, 0.15) is 57.2 Å². The molecule has 0 radical (unpaired) electrons. The predicted molar refractivity (Wildman–Crippen MR) is 164 cm³/mol. The van der Waals surface area contributed by atoms with Crippen molar-refractivity contribution < 1.29 is 19.2 Å². The zero-order chi connectivity index (χ0) is 30.3. The van der Waals surface area contributed by atoms with Crippen LogP contribution in [0.2, 0.25) is 0 Å². The van der Waals surface area contributed by atoms with Gasteiger partial charge >= 0.3 is 6.09 Å². The average molecular weight is 571 g/mol. The summed E-state index contributed by atoms with van der Waals surface area (Å²) in [6.45, 7) is 8.37. The van der Waals surface area contributed by atoms with Crippen molar-refractivity contribution in [1.82, 2.24) is 15.4 Å². The molecular formula is C32H38N6O4. The van der Waals surface area contributed by atoms with Gasteiger partial charge in [-0.15, -0.1) is 0 Å². The molecule has 0 spiro atoms. The van der Waals surface area contributed by atoms with E-state index in [-0.39, 0.29) is 25.5 Å². The molecule has 0 atom stereocenters. The largest absolute Gasteiger partial charge is 0.444 e. The number of ether oxygens (including phenoxy) is 1. The van der Waals surface area contributed by atoms with E-state index in [0.717, 1.165) is 34.2 Å². The van der Waals surface area contributed by atoms with Crippen LogP contribution in [-0.4, -0.2) is 40.0 Å². The van der Waals surface area contributed by atoms with E-state index in [2.05, 4.69) is 15.3 Å². The maximum atomic E-state index is 13.5. The van der Waals surface area contributed by atoms with Gasteiger partial charge in [0.2, 0.25) is 0 Å². The second-order valence-electron chi connectivity index (χ2n) is 11.1. The van der Waals surface area contributed by atoms with Crippen LogP contribution in [-0.2, 0) is 27.5 Å². The van der Waals surface area contributed by atoms with Crippen LogP contribution in [0, 0.1) is 0 Å². The fourth-order valence-corrected chi connectivity index (χ4v) is 4.29. The Balaban J connectivity index is 1.51. The van der Waals surface area contributed by atoms with Crippen LogP contribution in [0.25, 0.3) is 17.2 Å². The highest BCUT2D eigenvalue weighted by Crippen LogP contribution is 2.32. The Labute approximate surface area is 246 Å². The van der Waals surface area contributed by atoms with Gasteiger partial charge in [0, 0.05) is 54.3 Å². The molecule has 0 aliphatic carbocycles. The molecule has 42 heavy (non-hydrogen) atoms. The first-order valence-corrected chi connectivity index (χ1v) is 13.9. The van der Waals surface area contributed by atoms with E-state index in [1.807, 2.05) is 70.2 Å². The number of nitrogen functional groups attached to an aromatic ring is 1. The first kappa shape index (κ1) is 30.3. The van der Waals surface area contributed by atoms with Gasteiger partial charge < -0.3 is 21.5 Å². The number of amidine groups is 1. The molecule has 4 rings (SSSR count). The summed E-state index contributed by atoms with van der Waals surface area (Å²) in [6.07, 6.45) is 5.69. The number of carbonyl (C=O) groups is 2. The Morgan fingerprint density at radius 2 is 1.76 bits per heavy atom. The first-order valence-electron chi connectivity index (χ1n) is 13.9. The molecule has 10 heteroatoms. The van der Waals surface area contributed by atoms with Gasteiger partial charge in [0.05, 0.1) is 5.69 Å². The number of nitrogens with zero attached hydrogens (tertiary/aromatic N) is 3. The number of anilines is 1. The van der Waals surface area contributed by atoms with E-state index in [0.29, 0.717) is 29.3 Å². The molecule has 0 bridgehead atoms. The number of nitrogens with one attached hydrogen (secondary N) is 1. The molecule has 1 aromatic heterocycles. The minimum absolute atomic E-state index is 0.196. The Morgan fingerprint density at radius 3 is 2.48 bits per heavy atom. The highest BCUT2D eigenvalue weighted by molar-refractivity contribution is 6.05. The highest BCUT2D eigenvalue weighted by atomic mass is 16.7. The third kappa shape index (κ3) is 8.40. The zero-order valence-corrected chi connectivity index (χ0v) is 24.5. The third-order valence-electron chi connectivity index (χ3n) is 6.25. The smallest absolute Gasteiger partial charge is 0.407 e. The SMILES string of the molecule is CCCN(OCc1ccc(N)cc1)C(=O)C1=Cc2ccc(-c3cncc(CNC(=O)OC(C)(C)C)c3)cc2N=C(N)C1. The molecule has 0 unspecified atom stereocenters. The minimum atomic E-state index is -0.577. The van der Waals surface area contributed by atoms with Crippen molar-refractivity contribution in [3.05, 3.63) is 83.2 Å². The van der Waals surface area contributed by atoms with Crippen molar-refractivity contribution in [2.75, 3.05) is 12.3 Å². The van der Waals surface area contributed by atoms with Gasteiger partial charge in [-0.25, -0.2) is 14.9 Å². The van der Waals surface area contributed by atoms with Crippen molar-refractivity contribution in [2.24, 2.45) is 10.7 Å². The molecule has 0 saturated heterocycles. The number of aliphatic imine (C=N–C) groups is 1. The van der Waals surface area contributed by atoms with Gasteiger partial charge in [0.15, 0.2) is 0 Å². The second-order valence-corrected chi connectivity index (χ2v) is 11.1. The molecule has 5 N–H and O–H groups in total. The molecule has 1 aliphatic rings. The number of hydrogen-bond donors (Lipinski definition) is 3. The van der Waals surface area contributed by atoms with Gasteiger partial charge in [0.25, 0.3) is 5.91 Å². The topological polar surface area (TPSA) is 145 Å². The lowest BCUT2D eigenvalue weighted by Crippen LogP contribution is -2.34. The monoisotopic (exact) mass is 570 g/mol. The molecule has 0 saturated carbocycles. The normalized spacial score (nSPS) is 12.9. The Hall–Kier alpha value is -4.70. The number of benzene rings is 2. The highest BCUT2D eigenvalue weighted by Gasteiger charge is 2.23. The third-order valence-corrected chi connectivity index (χ3v) is 6.25. The summed E-state index contributed by atoms with van der Waals surface area (Å²) in [4.78, 5) is 40.5. The number of carbonyl (C=O) groups excluding carboxylic acids is 2. The molecule has 3 aromatic rings. The molecule has 2 amide bonds. The van der Waals surface area contributed by atoms with Crippen molar-refractivity contribution in [2.45, 2.75) is 59.3 Å². The Kier molecular flexibility index (Phi) is 9.59. The summed E-state index contributed by atoms with van der Waals surface area (Å²) in [7, 11) is 0. The standard InChI is InChI=1S/C32H38N6O4/c1-5-12-38(41-20-21-6-10-27(33)11-7-21)30(39)25-14-24-9-8-23(15-28(24)37-29(34)16-25)26-13-22(17-35-19-26)18-36-31(40)42-32(2,3)4/h6-11,13-15,17,19H,5,12,16,18,20,33H2,1-4H3,(H2,34,37)(H,36,40).